The summed E-state index contributed by atoms with van der Waals surface area (Å²) in [6.07, 6.45) is 4.04. The van der Waals surface area contributed by atoms with Gasteiger partial charge in [0.25, 0.3) is 0 Å². The van der Waals surface area contributed by atoms with Crippen molar-refractivity contribution in [2.24, 2.45) is 0 Å². The molecule has 0 bridgehead atoms. The number of hydrogen-bond acceptors (Lipinski definition) is 4. The van der Waals surface area contributed by atoms with Crippen molar-refractivity contribution < 1.29 is 14.3 Å². The zero-order valence-corrected chi connectivity index (χ0v) is 18.5. The number of hydrogen-bond donors (Lipinski definition) is 2. The normalized spacial score (nSPS) is 18.0. The fourth-order valence-electron chi connectivity index (χ4n) is 3.66. The van der Waals surface area contributed by atoms with Gasteiger partial charge in [-0.3, -0.25) is 4.79 Å². The van der Waals surface area contributed by atoms with Crippen molar-refractivity contribution in [2.75, 3.05) is 6.54 Å². The molecule has 2 heterocycles. The Hall–Kier alpha value is -2.83. The van der Waals surface area contributed by atoms with Crippen LogP contribution in [-0.4, -0.2) is 45.1 Å². The van der Waals surface area contributed by atoms with Crippen molar-refractivity contribution in [3.8, 4) is 11.3 Å². The molecule has 3 rings (SSSR count). The minimum absolute atomic E-state index is 0.126. The molecule has 7 nitrogen and oxygen atoms in total. The van der Waals surface area contributed by atoms with Crippen LogP contribution in [0.15, 0.2) is 30.5 Å². The van der Waals surface area contributed by atoms with Crippen molar-refractivity contribution in [1.82, 2.24) is 20.2 Å². The van der Waals surface area contributed by atoms with E-state index < -0.39 is 17.7 Å². The zero-order chi connectivity index (χ0) is 21.9. The average molecular weight is 413 g/mol. The number of carbonyl (C=O) groups excluding carboxylic acids is 2. The van der Waals surface area contributed by atoms with E-state index in [1.165, 1.54) is 5.56 Å². The SMILES string of the molecule is Cc1ccc(-c2cnc(C3CCCCN3C(=O)C(C)NC(=O)OC(C)(C)C)[nH]2)cc1. The molecule has 1 aliphatic heterocycles. The molecule has 30 heavy (non-hydrogen) atoms. The first-order chi connectivity index (χ1) is 14.1. The van der Waals surface area contributed by atoms with Gasteiger partial charge in [0, 0.05) is 6.54 Å². The largest absolute Gasteiger partial charge is 0.444 e. The Labute approximate surface area is 178 Å². The lowest BCUT2D eigenvalue weighted by Crippen LogP contribution is -2.50. The summed E-state index contributed by atoms with van der Waals surface area (Å²) in [5.74, 6) is 0.655. The number of aryl methyl sites for hydroxylation is 1. The first-order valence-electron chi connectivity index (χ1n) is 10.6. The monoisotopic (exact) mass is 412 g/mol. The molecule has 2 atom stereocenters. The third-order valence-electron chi connectivity index (χ3n) is 5.16. The van der Waals surface area contributed by atoms with E-state index in [0.29, 0.717) is 6.54 Å². The van der Waals surface area contributed by atoms with Gasteiger partial charge >= 0.3 is 6.09 Å². The van der Waals surface area contributed by atoms with E-state index in [2.05, 4.69) is 46.5 Å². The minimum Gasteiger partial charge on any atom is -0.444 e. The highest BCUT2D eigenvalue weighted by atomic mass is 16.6. The summed E-state index contributed by atoms with van der Waals surface area (Å²) in [5, 5.41) is 2.66. The molecule has 1 aliphatic rings. The van der Waals surface area contributed by atoms with Crippen LogP contribution in [0, 0.1) is 6.92 Å². The molecule has 162 valence electrons. The number of rotatable bonds is 4. The van der Waals surface area contributed by atoms with E-state index in [9.17, 15) is 9.59 Å². The molecule has 1 fully saturated rings. The zero-order valence-electron chi connectivity index (χ0n) is 18.5. The average Bonchev–Trinajstić information content (AvgIpc) is 3.16. The van der Waals surface area contributed by atoms with Gasteiger partial charge in [-0.1, -0.05) is 29.8 Å². The van der Waals surface area contributed by atoms with Crippen molar-refractivity contribution in [3.05, 3.63) is 41.9 Å². The number of nitrogens with one attached hydrogen (secondary N) is 2. The quantitative estimate of drug-likeness (QED) is 0.781. The van der Waals surface area contributed by atoms with Crippen LogP contribution in [0.3, 0.4) is 0 Å². The minimum atomic E-state index is -0.674. The molecule has 2 amide bonds. The van der Waals surface area contributed by atoms with Crippen LogP contribution in [0.25, 0.3) is 11.3 Å². The number of ether oxygens (including phenoxy) is 1. The third-order valence-corrected chi connectivity index (χ3v) is 5.16. The van der Waals surface area contributed by atoms with Crippen LogP contribution in [0.1, 0.15) is 64.4 Å². The van der Waals surface area contributed by atoms with Crippen LogP contribution in [0.2, 0.25) is 0 Å². The maximum Gasteiger partial charge on any atom is 0.408 e. The van der Waals surface area contributed by atoms with Gasteiger partial charge in [0.15, 0.2) is 0 Å². The molecule has 0 spiro atoms. The van der Waals surface area contributed by atoms with Crippen molar-refractivity contribution >= 4 is 12.0 Å². The van der Waals surface area contributed by atoms with Gasteiger partial charge in [-0.2, -0.15) is 0 Å². The van der Waals surface area contributed by atoms with Crippen LogP contribution >= 0.6 is 0 Å². The summed E-state index contributed by atoms with van der Waals surface area (Å²) in [5.41, 5.74) is 2.59. The van der Waals surface area contributed by atoms with Gasteiger partial charge in [0.2, 0.25) is 5.91 Å². The number of aromatic nitrogens is 2. The smallest absolute Gasteiger partial charge is 0.408 e. The summed E-state index contributed by atoms with van der Waals surface area (Å²) in [4.78, 5) is 35.0. The molecule has 0 radical (unpaired) electrons. The van der Waals surface area contributed by atoms with Gasteiger partial charge in [-0.25, -0.2) is 9.78 Å². The van der Waals surface area contributed by atoms with Gasteiger partial charge in [0.05, 0.1) is 17.9 Å². The van der Waals surface area contributed by atoms with Gasteiger partial charge in [-0.05, 0) is 59.4 Å². The van der Waals surface area contributed by atoms with E-state index in [1.54, 1.807) is 27.7 Å². The Morgan fingerprint density at radius 1 is 1.23 bits per heavy atom. The molecular formula is C23H32N4O3. The number of amides is 2. The number of piperidine rings is 1. The third kappa shape index (κ3) is 5.40. The van der Waals surface area contributed by atoms with Crippen LogP contribution < -0.4 is 5.32 Å². The highest BCUT2D eigenvalue weighted by Gasteiger charge is 2.33. The van der Waals surface area contributed by atoms with Crippen molar-refractivity contribution in [3.63, 3.8) is 0 Å². The Morgan fingerprint density at radius 2 is 1.93 bits per heavy atom. The molecule has 7 heteroatoms. The molecule has 0 aliphatic carbocycles. The highest BCUT2D eigenvalue weighted by molar-refractivity contribution is 5.85. The summed E-state index contributed by atoms with van der Waals surface area (Å²) in [7, 11) is 0. The summed E-state index contributed by atoms with van der Waals surface area (Å²) >= 11 is 0. The van der Waals surface area contributed by atoms with Crippen molar-refractivity contribution in [1.29, 1.82) is 0 Å². The van der Waals surface area contributed by atoms with Crippen molar-refractivity contribution in [2.45, 2.75) is 71.6 Å². The van der Waals surface area contributed by atoms with E-state index in [0.717, 1.165) is 36.3 Å². The predicted molar refractivity (Wildman–Crippen MR) is 116 cm³/mol. The number of aromatic amines is 1. The molecule has 1 aromatic heterocycles. The second-order valence-corrected chi connectivity index (χ2v) is 8.96. The van der Waals surface area contributed by atoms with Gasteiger partial charge in [0.1, 0.15) is 17.5 Å². The number of imidazole rings is 1. The van der Waals surface area contributed by atoms with Gasteiger partial charge < -0.3 is 19.9 Å². The fraction of sp³-hybridized carbons (Fsp3) is 0.522. The molecular weight excluding hydrogens is 380 g/mol. The van der Waals surface area contributed by atoms with Crippen LogP contribution in [0.4, 0.5) is 4.79 Å². The number of carbonyl (C=O) groups is 2. The van der Waals surface area contributed by atoms with Crippen LogP contribution in [-0.2, 0) is 9.53 Å². The lowest BCUT2D eigenvalue weighted by molar-refractivity contribution is -0.137. The summed E-state index contributed by atoms with van der Waals surface area (Å²) in [6.45, 7) is 9.77. The lowest BCUT2D eigenvalue weighted by atomic mass is 10.0. The molecule has 1 saturated heterocycles. The van der Waals surface area contributed by atoms with E-state index in [1.807, 2.05) is 11.1 Å². The maximum atomic E-state index is 13.1. The maximum absolute atomic E-state index is 13.1. The molecule has 1 aromatic carbocycles. The topological polar surface area (TPSA) is 87.3 Å². The predicted octanol–water partition coefficient (Wildman–Crippen LogP) is 4.35. The van der Waals surface area contributed by atoms with Crippen LogP contribution in [0.5, 0.6) is 0 Å². The number of nitrogens with zero attached hydrogens (tertiary/aromatic N) is 2. The Morgan fingerprint density at radius 3 is 2.60 bits per heavy atom. The molecule has 2 aromatic rings. The number of alkyl carbamates (subject to hydrolysis) is 1. The van der Waals surface area contributed by atoms with E-state index in [4.69, 9.17) is 4.74 Å². The summed E-state index contributed by atoms with van der Waals surface area (Å²) < 4.78 is 5.28. The standard InChI is InChI=1S/C23H32N4O3/c1-15-9-11-17(12-10-15)18-14-24-20(26-18)19-8-6-7-13-27(19)21(28)16(2)25-22(29)30-23(3,4)5/h9-12,14,16,19H,6-8,13H2,1-5H3,(H,24,26)(H,25,29). The lowest BCUT2D eigenvalue weighted by Gasteiger charge is -2.36. The molecule has 0 saturated carbocycles. The number of H-pyrrole nitrogens is 1. The molecule has 2 N–H and O–H groups in total. The fourth-order valence-corrected chi connectivity index (χ4v) is 3.66. The first-order valence-corrected chi connectivity index (χ1v) is 10.6. The van der Waals surface area contributed by atoms with Gasteiger partial charge in [-0.15, -0.1) is 0 Å². The Balaban J connectivity index is 1.72. The second-order valence-electron chi connectivity index (χ2n) is 8.96. The Bertz CT molecular complexity index is 883. The Kier molecular flexibility index (Phi) is 6.48. The van der Waals surface area contributed by atoms with E-state index >= 15 is 0 Å². The second kappa shape index (κ2) is 8.90. The summed E-state index contributed by atoms with van der Waals surface area (Å²) in [6, 6.07) is 7.44. The first kappa shape index (κ1) is 21.9. The van der Waals surface area contributed by atoms with E-state index in [-0.39, 0.29) is 11.9 Å². The number of likely N-dealkylation sites (tertiary alicyclic amines) is 1. The molecule has 2 unspecified atom stereocenters. The highest BCUT2D eigenvalue weighted by Crippen LogP contribution is 2.31. The number of benzene rings is 1.